The molecule has 0 saturated carbocycles. The fourth-order valence-electron chi connectivity index (χ4n) is 2.14. The molecule has 0 bridgehead atoms. The molecular formula is C19H20O. The molecule has 0 fully saturated rings. The van der Waals surface area contributed by atoms with Gasteiger partial charge in [-0.15, -0.1) is 0 Å². The van der Waals surface area contributed by atoms with Gasteiger partial charge in [-0.1, -0.05) is 73.2 Å². The third-order valence-corrected chi connectivity index (χ3v) is 3.42. The second-order valence-electron chi connectivity index (χ2n) is 5.23. The molecule has 0 aliphatic rings. The van der Waals surface area contributed by atoms with E-state index in [1.807, 2.05) is 36.4 Å². The minimum Gasteiger partial charge on any atom is -0.295 e. The number of hydrogen-bond acceptors (Lipinski definition) is 1. The average Bonchev–Trinajstić information content (AvgIpc) is 2.47. The number of carbonyl (C=O) groups excluding carboxylic acids is 1. The predicted octanol–water partition coefficient (Wildman–Crippen LogP) is 4.77. The first-order chi connectivity index (χ1) is 9.65. The van der Waals surface area contributed by atoms with Crippen molar-refractivity contribution in [1.82, 2.24) is 0 Å². The molecule has 0 unspecified atom stereocenters. The van der Waals surface area contributed by atoms with Crippen LogP contribution < -0.4 is 0 Å². The van der Waals surface area contributed by atoms with Crippen LogP contribution in [0.25, 0.3) is 6.08 Å². The van der Waals surface area contributed by atoms with Crippen LogP contribution in [0.1, 0.15) is 36.0 Å². The number of allylic oxidation sites excluding steroid dienone is 1. The summed E-state index contributed by atoms with van der Waals surface area (Å²) in [5.74, 6) is 0.422. The zero-order valence-electron chi connectivity index (χ0n) is 12.0. The molecule has 0 saturated heterocycles. The first-order valence-electron chi connectivity index (χ1n) is 6.97. The van der Waals surface area contributed by atoms with Crippen molar-refractivity contribution in [1.29, 1.82) is 0 Å². The van der Waals surface area contributed by atoms with Crippen molar-refractivity contribution < 1.29 is 4.79 Å². The molecule has 0 aliphatic carbocycles. The van der Waals surface area contributed by atoms with Crippen molar-refractivity contribution >= 4 is 11.9 Å². The van der Waals surface area contributed by atoms with Gasteiger partial charge in [0, 0.05) is 6.42 Å². The summed E-state index contributed by atoms with van der Waals surface area (Å²) in [6.07, 6.45) is 4.11. The molecule has 0 spiro atoms. The molecule has 0 N–H and O–H groups in total. The Labute approximate surface area is 121 Å². The molecule has 0 heterocycles. The number of hydrogen-bond donors (Lipinski definition) is 0. The summed E-state index contributed by atoms with van der Waals surface area (Å²) in [6.45, 7) is 4.17. The molecule has 1 heteroatoms. The Balaban J connectivity index is 1.94. The van der Waals surface area contributed by atoms with E-state index in [0.29, 0.717) is 6.42 Å². The Morgan fingerprint density at radius 3 is 2.35 bits per heavy atom. The van der Waals surface area contributed by atoms with Crippen LogP contribution in [0.4, 0.5) is 0 Å². The zero-order valence-corrected chi connectivity index (χ0v) is 12.0. The van der Waals surface area contributed by atoms with Crippen molar-refractivity contribution in [2.45, 2.75) is 26.2 Å². The SMILES string of the molecule is Cc1ccc([C@H](C)CC(=O)/C=C/c2ccccc2)cc1. The van der Waals surface area contributed by atoms with Crippen molar-refractivity contribution in [2.24, 2.45) is 0 Å². The third kappa shape index (κ3) is 4.20. The smallest absolute Gasteiger partial charge is 0.156 e. The van der Waals surface area contributed by atoms with Crippen LogP contribution in [0.2, 0.25) is 0 Å². The number of carbonyl (C=O) groups is 1. The summed E-state index contributed by atoms with van der Waals surface area (Å²) in [6, 6.07) is 18.3. The highest BCUT2D eigenvalue weighted by Gasteiger charge is 2.08. The highest BCUT2D eigenvalue weighted by molar-refractivity contribution is 5.94. The second kappa shape index (κ2) is 6.85. The van der Waals surface area contributed by atoms with Crippen LogP contribution in [-0.4, -0.2) is 5.78 Å². The lowest BCUT2D eigenvalue weighted by Gasteiger charge is -2.09. The van der Waals surface area contributed by atoms with Crippen LogP contribution in [0.3, 0.4) is 0 Å². The Hall–Kier alpha value is -2.15. The lowest BCUT2D eigenvalue weighted by atomic mass is 9.95. The number of aryl methyl sites for hydroxylation is 1. The summed E-state index contributed by atoms with van der Waals surface area (Å²) < 4.78 is 0. The summed E-state index contributed by atoms with van der Waals surface area (Å²) >= 11 is 0. The van der Waals surface area contributed by atoms with Gasteiger partial charge in [0.1, 0.15) is 0 Å². The molecule has 2 aromatic carbocycles. The first kappa shape index (κ1) is 14.3. The van der Waals surface area contributed by atoms with Gasteiger partial charge in [-0.05, 0) is 30.0 Å². The summed E-state index contributed by atoms with van der Waals surface area (Å²) in [5, 5.41) is 0. The van der Waals surface area contributed by atoms with Gasteiger partial charge < -0.3 is 0 Å². The maximum Gasteiger partial charge on any atom is 0.156 e. The molecule has 0 radical (unpaired) electrons. The fraction of sp³-hybridized carbons (Fsp3) is 0.211. The van der Waals surface area contributed by atoms with Crippen molar-refractivity contribution in [3.63, 3.8) is 0 Å². The van der Waals surface area contributed by atoms with Gasteiger partial charge in [0.2, 0.25) is 0 Å². The summed E-state index contributed by atoms with van der Waals surface area (Å²) in [7, 11) is 0. The largest absolute Gasteiger partial charge is 0.295 e. The second-order valence-corrected chi connectivity index (χ2v) is 5.23. The van der Waals surface area contributed by atoms with Crippen molar-refractivity contribution in [2.75, 3.05) is 0 Å². The average molecular weight is 264 g/mol. The van der Waals surface area contributed by atoms with Crippen molar-refractivity contribution in [3.05, 3.63) is 77.4 Å². The van der Waals surface area contributed by atoms with E-state index in [-0.39, 0.29) is 11.7 Å². The molecule has 0 amide bonds. The van der Waals surface area contributed by atoms with Gasteiger partial charge in [-0.3, -0.25) is 4.79 Å². The third-order valence-electron chi connectivity index (χ3n) is 3.42. The van der Waals surface area contributed by atoms with Crippen LogP contribution >= 0.6 is 0 Å². The molecule has 102 valence electrons. The Kier molecular flexibility index (Phi) is 4.89. The zero-order chi connectivity index (χ0) is 14.4. The van der Waals surface area contributed by atoms with E-state index in [0.717, 1.165) is 5.56 Å². The van der Waals surface area contributed by atoms with Crippen molar-refractivity contribution in [3.8, 4) is 0 Å². The normalized spacial score (nSPS) is 12.5. The predicted molar refractivity (Wildman–Crippen MR) is 84.7 cm³/mol. The topological polar surface area (TPSA) is 17.1 Å². The molecule has 0 aromatic heterocycles. The van der Waals surface area contributed by atoms with Gasteiger partial charge in [-0.25, -0.2) is 0 Å². The maximum atomic E-state index is 12.0. The van der Waals surface area contributed by atoms with Crippen LogP contribution in [0.5, 0.6) is 0 Å². The molecular weight excluding hydrogens is 244 g/mol. The van der Waals surface area contributed by atoms with Crippen LogP contribution in [-0.2, 0) is 4.79 Å². The Morgan fingerprint density at radius 1 is 1.05 bits per heavy atom. The van der Waals surface area contributed by atoms with Gasteiger partial charge >= 0.3 is 0 Å². The number of benzene rings is 2. The van der Waals surface area contributed by atoms with Gasteiger partial charge in [0.15, 0.2) is 5.78 Å². The van der Waals surface area contributed by atoms with E-state index < -0.39 is 0 Å². The van der Waals surface area contributed by atoms with E-state index in [4.69, 9.17) is 0 Å². The Bertz CT molecular complexity index is 579. The molecule has 2 aromatic rings. The van der Waals surface area contributed by atoms with Crippen LogP contribution in [0.15, 0.2) is 60.7 Å². The van der Waals surface area contributed by atoms with Gasteiger partial charge in [0.05, 0.1) is 0 Å². The maximum absolute atomic E-state index is 12.0. The lowest BCUT2D eigenvalue weighted by molar-refractivity contribution is -0.114. The summed E-state index contributed by atoms with van der Waals surface area (Å²) in [4.78, 5) is 12.0. The van der Waals surface area contributed by atoms with E-state index >= 15 is 0 Å². The number of ketones is 1. The minimum atomic E-state index is 0.168. The molecule has 1 atom stereocenters. The van der Waals surface area contributed by atoms with E-state index in [1.165, 1.54) is 11.1 Å². The van der Waals surface area contributed by atoms with Crippen LogP contribution in [0, 0.1) is 6.92 Å². The Morgan fingerprint density at radius 2 is 1.70 bits per heavy atom. The molecule has 1 nitrogen and oxygen atoms in total. The standard InChI is InChI=1S/C19H20O/c1-15-8-11-18(12-9-15)16(2)14-19(20)13-10-17-6-4-3-5-7-17/h3-13,16H,14H2,1-2H3/b13-10+/t16-/m1/s1. The summed E-state index contributed by atoms with van der Waals surface area (Å²) in [5.41, 5.74) is 3.53. The lowest BCUT2D eigenvalue weighted by Crippen LogP contribution is -2.01. The highest BCUT2D eigenvalue weighted by Crippen LogP contribution is 2.20. The minimum absolute atomic E-state index is 0.168. The van der Waals surface area contributed by atoms with E-state index in [2.05, 4.69) is 38.1 Å². The van der Waals surface area contributed by atoms with E-state index in [9.17, 15) is 4.79 Å². The fourth-order valence-corrected chi connectivity index (χ4v) is 2.14. The quantitative estimate of drug-likeness (QED) is 0.711. The molecule has 20 heavy (non-hydrogen) atoms. The first-order valence-corrected chi connectivity index (χ1v) is 6.97. The van der Waals surface area contributed by atoms with Gasteiger partial charge in [-0.2, -0.15) is 0 Å². The monoisotopic (exact) mass is 264 g/mol. The molecule has 2 rings (SSSR count). The highest BCUT2D eigenvalue weighted by atomic mass is 16.1. The molecule has 0 aliphatic heterocycles. The van der Waals surface area contributed by atoms with Gasteiger partial charge in [0.25, 0.3) is 0 Å². The number of rotatable bonds is 5. The van der Waals surface area contributed by atoms with E-state index in [1.54, 1.807) is 6.08 Å².